The molecule has 0 spiro atoms. The summed E-state index contributed by atoms with van der Waals surface area (Å²) < 4.78 is 27.7. The second-order valence-corrected chi connectivity index (χ2v) is 4.66. The zero-order chi connectivity index (χ0) is 11.5. The van der Waals surface area contributed by atoms with Crippen LogP contribution in [0.25, 0.3) is 4.85 Å². The second kappa shape index (κ2) is 4.43. The highest BCUT2D eigenvalue weighted by Crippen LogP contribution is 2.15. The smallest absolute Gasteiger partial charge is 0.282 e. The van der Waals surface area contributed by atoms with Gasteiger partial charge in [0.2, 0.25) is 0 Å². The van der Waals surface area contributed by atoms with Gasteiger partial charge in [0.15, 0.2) is 0 Å². The Bertz CT molecular complexity index is 470. The van der Waals surface area contributed by atoms with Gasteiger partial charge in [-0.3, -0.25) is 4.85 Å². The van der Waals surface area contributed by atoms with Crippen LogP contribution < -0.4 is 0 Å². The highest BCUT2D eigenvalue weighted by molar-refractivity contribution is 7.86. The summed E-state index contributed by atoms with van der Waals surface area (Å²) in [6.45, 7) is 9.87. The maximum atomic E-state index is 11.5. The van der Waals surface area contributed by atoms with Gasteiger partial charge in [-0.25, -0.2) is 6.57 Å². The molecule has 0 amide bonds. The minimum absolute atomic E-state index is 0.0728. The van der Waals surface area contributed by atoms with Crippen LogP contribution in [0, 0.1) is 13.5 Å². The maximum absolute atomic E-state index is 11.5. The van der Waals surface area contributed by atoms with Gasteiger partial charge in [-0.05, 0) is 19.1 Å². The van der Waals surface area contributed by atoms with Crippen LogP contribution in [0.15, 0.2) is 29.2 Å². The van der Waals surface area contributed by atoms with Crippen molar-refractivity contribution in [1.82, 2.24) is 0 Å². The number of rotatable bonds is 3. The predicted molar refractivity (Wildman–Crippen MR) is 55.5 cm³/mol. The molecule has 0 bridgehead atoms. The van der Waals surface area contributed by atoms with Crippen LogP contribution in [0.1, 0.15) is 12.5 Å². The average molecular weight is 225 g/mol. The van der Waals surface area contributed by atoms with Crippen molar-refractivity contribution in [2.45, 2.75) is 25.0 Å². The number of hydrogen-bond donors (Lipinski definition) is 0. The molecule has 0 fully saturated rings. The fraction of sp³-hybridized carbons (Fsp3) is 0.300. The molecule has 80 valence electrons. The summed E-state index contributed by atoms with van der Waals surface area (Å²) in [5.41, 5.74) is 0.965. The summed E-state index contributed by atoms with van der Waals surface area (Å²) >= 11 is 0. The summed E-state index contributed by atoms with van der Waals surface area (Å²) in [7, 11) is -3.80. The molecule has 0 saturated heterocycles. The van der Waals surface area contributed by atoms with Crippen molar-refractivity contribution in [2.75, 3.05) is 0 Å². The Kier molecular flexibility index (Phi) is 3.45. The van der Waals surface area contributed by atoms with Gasteiger partial charge in [0.25, 0.3) is 0 Å². The van der Waals surface area contributed by atoms with E-state index in [4.69, 9.17) is 6.57 Å². The molecular formula is C10H11NO3S. The Morgan fingerprint density at radius 2 is 1.87 bits per heavy atom. The Labute approximate surface area is 89.4 Å². The average Bonchev–Trinajstić information content (AvgIpc) is 2.17. The third-order valence-electron chi connectivity index (χ3n) is 1.76. The molecule has 0 aliphatic heterocycles. The first-order chi connectivity index (χ1) is 6.95. The van der Waals surface area contributed by atoms with Crippen molar-refractivity contribution < 1.29 is 12.6 Å². The SMILES string of the molecule is [C-]#[N+]C(C)OS(=O)(=O)c1ccc(C)cc1. The molecule has 0 aliphatic rings. The number of hydrogen-bond acceptors (Lipinski definition) is 3. The minimum atomic E-state index is -3.80. The third kappa shape index (κ3) is 3.05. The number of benzene rings is 1. The van der Waals surface area contributed by atoms with Crippen molar-refractivity contribution >= 4 is 10.1 Å². The van der Waals surface area contributed by atoms with Crippen LogP contribution in [-0.2, 0) is 14.3 Å². The van der Waals surface area contributed by atoms with Crippen molar-refractivity contribution in [2.24, 2.45) is 0 Å². The van der Waals surface area contributed by atoms with Crippen LogP contribution in [-0.4, -0.2) is 14.6 Å². The lowest BCUT2D eigenvalue weighted by Crippen LogP contribution is -2.12. The molecule has 1 aromatic rings. The van der Waals surface area contributed by atoms with Gasteiger partial charge in [-0.15, -0.1) is 0 Å². The minimum Gasteiger partial charge on any atom is -0.282 e. The Balaban J connectivity index is 2.98. The van der Waals surface area contributed by atoms with Crippen LogP contribution in [0.4, 0.5) is 0 Å². The van der Waals surface area contributed by atoms with E-state index in [1.807, 2.05) is 6.92 Å². The van der Waals surface area contributed by atoms with Crippen LogP contribution in [0.3, 0.4) is 0 Å². The van der Waals surface area contributed by atoms with Gasteiger partial charge in [0.05, 0.1) is 4.90 Å². The van der Waals surface area contributed by atoms with Crippen LogP contribution in [0.5, 0.6) is 0 Å². The molecule has 5 heteroatoms. The zero-order valence-corrected chi connectivity index (χ0v) is 9.28. The van der Waals surface area contributed by atoms with Crippen molar-refractivity contribution in [1.29, 1.82) is 0 Å². The quantitative estimate of drug-likeness (QED) is 0.583. The molecule has 1 rings (SSSR count). The Morgan fingerprint density at radius 3 is 2.33 bits per heavy atom. The summed E-state index contributed by atoms with van der Waals surface area (Å²) in [6, 6.07) is 6.28. The number of nitrogens with zero attached hydrogens (tertiary/aromatic N) is 1. The lowest BCUT2D eigenvalue weighted by Gasteiger charge is -2.04. The fourth-order valence-electron chi connectivity index (χ4n) is 0.965. The van der Waals surface area contributed by atoms with E-state index in [-0.39, 0.29) is 4.90 Å². The summed E-state index contributed by atoms with van der Waals surface area (Å²) in [5, 5.41) is 0. The molecule has 0 aromatic heterocycles. The van der Waals surface area contributed by atoms with E-state index >= 15 is 0 Å². The molecule has 15 heavy (non-hydrogen) atoms. The van der Waals surface area contributed by atoms with Crippen molar-refractivity contribution in [3.05, 3.63) is 41.2 Å². The predicted octanol–water partition coefficient (Wildman–Crippen LogP) is 1.97. The normalized spacial score (nSPS) is 13.1. The summed E-state index contributed by atoms with van der Waals surface area (Å²) in [6.07, 6.45) is -0.990. The molecule has 0 saturated carbocycles. The Morgan fingerprint density at radius 1 is 1.33 bits per heavy atom. The lowest BCUT2D eigenvalue weighted by atomic mass is 10.2. The first kappa shape index (κ1) is 11.7. The highest BCUT2D eigenvalue weighted by Gasteiger charge is 2.20. The van der Waals surface area contributed by atoms with E-state index in [0.29, 0.717) is 0 Å². The molecular weight excluding hydrogens is 214 g/mol. The standard InChI is InChI=1S/C10H11NO3S/c1-8-4-6-10(7-5-8)15(12,13)14-9(2)11-3/h4-7,9H,1-2H3. The van der Waals surface area contributed by atoms with Gasteiger partial charge in [-0.2, -0.15) is 12.6 Å². The third-order valence-corrected chi connectivity index (χ3v) is 3.14. The molecule has 1 atom stereocenters. The van der Waals surface area contributed by atoms with Gasteiger partial charge in [-0.1, -0.05) is 17.7 Å². The van der Waals surface area contributed by atoms with Crippen molar-refractivity contribution in [3.8, 4) is 0 Å². The first-order valence-electron chi connectivity index (χ1n) is 4.32. The van der Waals surface area contributed by atoms with Crippen LogP contribution >= 0.6 is 0 Å². The molecule has 4 nitrogen and oxygen atoms in total. The zero-order valence-electron chi connectivity index (χ0n) is 8.47. The molecule has 0 N–H and O–H groups in total. The van der Waals surface area contributed by atoms with E-state index in [1.165, 1.54) is 19.1 Å². The van der Waals surface area contributed by atoms with E-state index in [1.54, 1.807) is 12.1 Å². The molecule has 1 aromatic carbocycles. The summed E-state index contributed by atoms with van der Waals surface area (Å²) in [4.78, 5) is 3.04. The molecule has 0 heterocycles. The molecule has 0 radical (unpaired) electrons. The topological polar surface area (TPSA) is 47.7 Å². The van der Waals surface area contributed by atoms with E-state index < -0.39 is 16.3 Å². The van der Waals surface area contributed by atoms with Gasteiger partial charge < -0.3 is 0 Å². The van der Waals surface area contributed by atoms with E-state index in [9.17, 15) is 8.42 Å². The second-order valence-electron chi connectivity index (χ2n) is 3.09. The van der Waals surface area contributed by atoms with E-state index in [2.05, 4.69) is 9.03 Å². The fourth-order valence-corrected chi connectivity index (χ4v) is 1.96. The van der Waals surface area contributed by atoms with Gasteiger partial charge in [0.1, 0.15) is 0 Å². The van der Waals surface area contributed by atoms with E-state index in [0.717, 1.165) is 5.56 Å². The monoisotopic (exact) mass is 225 g/mol. The largest absolute Gasteiger partial charge is 0.339 e. The Hall–Kier alpha value is -1.38. The lowest BCUT2D eigenvalue weighted by molar-refractivity contribution is 0.272. The van der Waals surface area contributed by atoms with Crippen LogP contribution in [0.2, 0.25) is 0 Å². The van der Waals surface area contributed by atoms with Gasteiger partial charge >= 0.3 is 16.3 Å². The molecule has 0 aliphatic carbocycles. The summed E-state index contributed by atoms with van der Waals surface area (Å²) in [5.74, 6) is 0. The molecule has 1 unspecified atom stereocenters. The van der Waals surface area contributed by atoms with Crippen molar-refractivity contribution in [3.63, 3.8) is 0 Å². The maximum Gasteiger partial charge on any atom is 0.339 e. The number of aryl methyl sites for hydroxylation is 1. The first-order valence-corrected chi connectivity index (χ1v) is 5.73. The van der Waals surface area contributed by atoms with Gasteiger partial charge in [0, 0.05) is 6.92 Å². The highest BCUT2D eigenvalue weighted by atomic mass is 32.2.